The molecule has 76 heavy (non-hydrogen) atoms. The molecule has 2 aromatic heterocycles. The largest absolute Gasteiger partial charge is 0.416 e. The van der Waals surface area contributed by atoms with E-state index in [-0.39, 0.29) is 11.4 Å². The van der Waals surface area contributed by atoms with Crippen LogP contribution in [0.3, 0.4) is 0 Å². The number of para-hydroxylation sites is 3. The second kappa shape index (κ2) is 18.3. The van der Waals surface area contributed by atoms with Crippen molar-refractivity contribution >= 4 is 60.7 Å². The van der Waals surface area contributed by atoms with Crippen LogP contribution in [-0.4, -0.2) is 9.13 Å². The van der Waals surface area contributed by atoms with Crippen LogP contribution >= 0.6 is 0 Å². The van der Waals surface area contributed by atoms with E-state index < -0.39 is 11.7 Å². The minimum Gasteiger partial charge on any atom is -0.309 e. The second-order valence-corrected chi connectivity index (χ2v) is 18.2. The first-order chi connectivity index (χ1) is 37.1. The van der Waals surface area contributed by atoms with Crippen molar-refractivity contribution in [3.05, 3.63) is 257 Å². The zero-order chi connectivity index (χ0) is 52.2. The number of hydrogen-bond acceptors (Lipinski definition) is 2. The zero-order valence-electron chi connectivity index (χ0n) is 39.9. The Morgan fingerprint density at radius 3 is 1.14 bits per heavy atom. The average Bonchev–Trinajstić information content (AvgIpc) is 4.15. The van der Waals surface area contributed by atoms with Gasteiger partial charge in [-0.05, 0) is 129 Å². The lowest BCUT2D eigenvalue weighted by atomic mass is 9.96. The molecule has 2 heterocycles. The third-order valence-corrected chi connectivity index (χ3v) is 14.1. The fourth-order valence-electron chi connectivity index (χ4n) is 10.7. The standard InChI is InChI=1S/C66H34F3N7/c1-72-56-20-9-6-17-49(56)42-24-28-60-53(33-42)52-32-41(48-16-5-4-14-46(48)39-71)23-27-59(52)75(60)63-36-47(66(67,68)69)37-64(65(63)45-15-12-13-40(31-45)38-70)76-61-29-25-43(50-18-7-10-21-57(50)73-2)34-54(61)55-35-44(26-30-62(55)76)51-19-8-11-22-58(51)74-3/h4-37H. The van der Waals surface area contributed by atoms with Gasteiger partial charge in [-0.3, -0.25) is 0 Å². The van der Waals surface area contributed by atoms with E-state index in [1.165, 1.54) is 12.1 Å². The summed E-state index contributed by atoms with van der Waals surface area (Å²) in [5.41, 5.74) is 10.4. The summed E-state index contributed by atoms with van der Waals surface area (Å²) in [6, 6.07) is 65.6. The molecule has 0 aliphatic rings. The van der Waals surface area contributed by atoms with E-state index in [2.05, 4.69) is 26.7 Å². The maximum absolute atomic E-state index is 16.0. The van der Waals surface area contributed by atoms with E-state index in [1.807, 2.05) is 130 Å². The molecule has 0 N–H and O–H groups in total. The van der Waals surface area contributed by atoms with Crippen molar-refractivity contribution in [3.63, 3.8) is 0 Å². The molecule has 0 bridgehead atoms. The normalized spacial score (nSPS) is 11.3. The summed E-state index contributed by atoms with van der Waals surface area (Å²) < 4.78 is 51.8. The summed E-state index contributed by atoms with van der Waals surface area (Å²) in [5.74, 6) is 0. The minimum atomic E-state index is -4.86. The molecule has 354 valence electrons. The Balaban J connectivity index is 1.24. The predicted molar refractivity (Wildman–Crippen MR) is 296 cm³/mol. The summed E-state index contributed by atoms with van der Waals surface area (Å²) in [5, 5.41) is 23.3. The molecule has 0 fully saturated rings. The van der Waals surface area contributed by atoms with Gasteiger partial charge in [-0.15, -0.1) is 0 Å². The third-order valence-electron chi connectivity index (χ3n) is 14.1. The van der Waals surface area contributed by atoms with E-state index in [0.717, 1.165) is 22.3 Å². The fraction of sp³-hybridized carbons (Fsp3) is 0.0152. The van der Waals surface area contributed by atoms with Gasteiger partial charge in [0, 0.05) is 27.1 Å². The average molecular weight is 982 g/mol. The van der Waals surface area contributed by atoms with Gasteiger partial charge in [-0.1, -0.05) is 127 Å². The highest BCUT2D eigenvalue weighted by Gasteiger charge is 2.35. The smallest absolute Gasteiger partial charge is 0.309 e. The molecule has 10 aromatic carbocycles. The number of nitriles is 2. The van der Waals surface area contributed by atoms with Crippen LogP contribution in [0, 0.1) is 42.4 Å². The first kappa shape index (κ1) is 46.1. The van der Waals surface area contributed by atoms with Crippen LogP contribution in [0.2, 0.25) is 0 Å². The van der Waals surface area contributed by atoms with Gasteiger partial charge in [-0.25, -0.2) is 14.5 Å². The monoisotopic (exact) mass is 981 g/mol. The molecule has 0 spiro atoms. The highest BCUT2D eigenvalue weighted by atomic mass is 19.4. The van der Waals surface area contributed by atoms with Crippen molar-refractivity contribution in [1.82, 2.24) is 9.13 Å². The summed E-state index contributed by atoms with van der Waals surface area (Å²) in [6.45, 7) is 24.0. The number of fused-ring (bicyclic) bond motifs is 6. The van der Waals surface area contributed by atoms with Crippen LogP contribution in [-0.2, 0) is 6.18 Å². The molecule has 12 aromatic rings. The molecule has 7 nitrogen and oxygen atoms in total. The van der Waals surface area contributed by atoms with Crippen molar-refractivity contribution < 1.29 is 13.2 Å². The van der Waals surface area contributed by atoms with Gasteiger partial charge >= 0.3 is 6.18 Å². The van der Waals surface area contributed by atoms with Crippen LogP contribution in [0.15, 0.2) is 206 Å². The van der Waals surface area contributed by atoms with Gasteiger partial charge in [0.1, 0.15) is 0 Å². The highest BCUT2D eigenvalue weighted by Crippen LogP contribution is 2.48. The first-order valence-electron chi connectivity index (χ1n) is 23.9. The van der Waals surface area contributed by atoms with Crippen molar-refractivity contribution in [2.75, 3.05) is 0 Å². The Labute approximate surface area is 434 Å². The van der Waals surface area contributed by atoms with Gasteiger partial charge in [0.25, 0.3) is 0 Å². The number of hydrogen-bond donors (Lipinski definition) is 0. The number of nitrogens with zero attached hydrogens (tertiary/aromatic N) is 7. The van der Waals surface area contributed by atoms with Gasteiger partial charge in [0.05, 0.1) is 82.0 Å². The van der Waals surface area contributed by atoms with Crippen molar-refractivity contribution in [1.29, 1.82) is 10.5 Å². The van der Waals surface area contributed by atoms with E-state index in [0.29, 0.717) is 105 Å². The van der Waals surface area contributed by atoms with Gasteiger partial charge < -0.3 is 9.13 Å². The minimum absolute atomic E-state index is 0.180. The number of aromatic nitrogens is 2. The Bertz CT molecular complexity index is 4170. The first-order valence-corrected chi connectivity index (χ1v) is 23.9. The molecule has 0 amide bonds. The molecule has 0 saturated heterocycles. The summed E-state index contributed by atoms with van der Waals surface area (Å²) in [7, 11) is 0. The Morgan fingerprint density at radius 1 is 0.382 bits per heavy atom. The Hall–Kier alpha value is -11.0. The molecular formula is C66H34F3N7. The quantitative estimate of drug-likeness (QED) is 0.149. The van der Waals surface area contributed by atoms with Gasteiger partial charge in [0.15, 0.2) is 17.1 Å². The van der Waals surface area contributed by atoms with Crippen molar-refractivity contribution in [3.8, 4) is 79.1 Å². The van der Waals surface area contributed by atoms with Crippen molar-refractivity contribution in [2.45, 2.75) is 6.18 Å². The fourth-order valence-corrected chi connectivity index (χ4v) is 10.7. The van der Waals surface area contributed by atoms with Gasteiger partial charge in [0.2, 0.25) is 0 Å². The molecule has 0 saturated carbocycles. The van der Waals surface area contributed by atoms with E-state index in [4.69, 9.17) is 19.7 Å². The predicted octanol–water partition coefficient (Wildman–Crippen LogP) is 18.6. The molecule has 12 rings (SSSR count). The topological polar surface area (TPSA) is 70.5 Å². The van der Waals surface area contributed by atoms with Crippen LogP contribution < -0.4 is 0 Å². The zero-order valence-corrected chi connectivity index (χ0v) is 39.9. The maximum Gasteiger partial charge on any atom is 0.416 e. The number of benzene rings is 10. The van der Waals surface area contributed by atoms with Crippen LogP contribution in [0.25, 0.3) is 125 Å². The lowest BCUT2D eigenvalue weighted by molar-refractivity contribution is -0.137. The second-order valence-electron chi connectivity index (χ2n) is 18.2. The number of alkyl halides is 3. The van der Waals surface area contributed by atoms with Gasteiger partial charge in [-0.2, -0.15) is 23.7 Å². The van der Waals surface area contributed by atoms with E-state index in [9.17, 15) is 10.5 Å². The van der Waals surface area contributed by atoms with E-state index in [1.54, 1.807) is 72.8 Å². The lowest BCUT2D eigenvalue weighted by Crippen LogP contribution is -2.11. The van der Waals surface area contributed by atoms with E-state index >= 15 is 13.2 Å². The molecule has 0 aliphatic heterocycles. The number of halogens is 3. The SMILES string of the molecule is [C-]#[N+]c1ccccc1-c1ccc2c(c1)c1cc(-c3ccccc3C#N)ccc1n2-c1cc(C(F)(F)F)cc(-n2c3ccc(-c4ccccc4[N+]#[C-])cc3c3cc(-c4ccccc4[N+]#[C-])ccc32)c1-c1cccc(C#N)c1. The van der Waals surface area contributed by atoms with Crippen molar-refractivity contribution in [2.24, 2.45) is 0 Å². The van der Waals surface area contributed by atoms with Crippen LogP contribution in [0.4, 0.5) is 30.2 Å². The summed E-state index contributed by atoms with van der Waals surface area (Å²) in [4.78, 5) is 11.4. The molecule has 0 aliphatic carbocycles. The Kier molecular flexibility index (Phi) is 11.1. The Morgan fingerprint density at radius 2 is 0.763 bits per heavy atom. The lowest BCUT2D eigenvalue weighted by Gasteiger charge is -2.23. The number of rotatable bonds is 7. The molecular weight excluding hydrogens is 948 g/mol. The molecule has 10 heteroatoms. The maximum atomic E-state index is 16.0. The highest BCUT2D eigenvalue weighted by molar-refractivity contribution is 6.15. The van der Waals surface area contributed by atoms with Crippen LogP contribution in [0.1, 0.15) is 16.7 Å². The summed E-state index contributed by atoms with van der Waals surface area (Å²) in [6.07, 6.45) is -4.86. The molecule has 0 atom stereocenters. The third kappa shape index (κ3) is 7.57. The molecule has 0 unspecified atom stereocenters. The van der Waals surface area contributed by atoms with Crippen LogP contribution in [0.5, 0.6) is 0 Å². The molecule has 0 radical (unpaired) electrons. The summed E-state index contributed by atoms with van der Waals surface area (Å²) >= 11 is 0.